The Hall–Kier alpha value is -1.38. The van der Waals surface area contributed by atoms with E-state index in [0.717, 1.165) is 6.42 Å². The summed E-state index contributed by atoms with van der Waals surface area (Å²) >= 11 is 0. The molecule has 82 valence electrons. The molecule has 2 nitrogen and oxygen atoms in total. The van der Waals surface area contributed by atoms with Crippen LogP contribution >= 0.6 is 0 Å². The van der Waals surface area contributed by atoms with Crippen molar-refractivity contribution >= 4 is 5.78 Å². The molecule has 3 heteroatoms. The molecule has 0 aromatic heterocycles. The van der Waals surface area contributed by atoms with Gasteiger partial charge in [0.15, 0.2) is 5.78 Å². The lowest BCUT2D eigenvalue weighted by Gasteiger charge is -2.09. The van der Waals surface area contributed by atoms with E-state index in [1.165, 1.54) is 18.2 Å². The maximum atomic E-state index is 13.0. The Morgan fingerprint density at radius 3 is 2.73 bits per heavy atom. The maximum absolute atomic E-state index is 13.0. The summed E-state index contributed by atoms with van der Waals surface area (Å²) in [7, 11) is 0. The molecule has 15 heavy (non-hydrogen) atoms. The zero-order valence-corrected chi connectivity index (χ0v) is 9.05. The standard InChI is InChI=1S/C12H15FO2/c1-3-7-15-12-8-9(13)5-6-10(12)11(14)4-2/h5-6,8H,3-4,7H2,1-2H3. The molecule has 0 amide bonds. The number of Topliss-reactive ketones (excluding diaryl/α,β-unsaturated/α-hetero) is 1. The zero-order valence-electron chi connectivity index (χ0n) is 9.05. The second kappa shape index (κ2) is 5.49. The molecule has 0 spiro atoms. The maximum Gasteiger partial charge on any atom is 0.166 e. The predicted molar refractivity (Wildman–Crippen MR) is 56.8 cm³/mol. The SMILES string of the molecule is CCCOc1cc(F)ccc1C(=O)CC. The Morgan fingerprint density at radius 2 is 2.13 bits per heavy atom. The van der Waals surface area contributed by atoms with E-state index in [2.05, 4.69) is 0 Å². The molecule has 1 rings (SSSR count). The van der Waals surface area contributed by atoms with Gasteiger partial charge in [-0.1, -0.05) is 13.8 Å². The number of rotatable bonds is 5. The molecule has 0 bridgehead atoms. The van der Waals surface area contributed by atoms with Crippen molar-refractivity contribution in [2.45, 2.75) is 26.7 Å². The summed E-state index contributed by atoms with van der Waals surface area (Å²) in [6.45, 7) is 4.23. The van der Waals surface area contributed by atoms with Gasteiger partial charge in [0.1, 0.15) is 11.6 Å². The number of benzene rings is 1. The molecule has 0 saturated carbocycles. The van der Waals surface area contributed by atoms with Crippen molar-refractivity contribution in [2.24, 2.45) is 0 Å². The Morgan fingerprint density at radius 1 is 1.40 bits per heavy atom. The van der Waals surface area contributed by atoms with Gasteiger partial charge in [0.25, 0.3) is 0 Å². The van der Waals surface area contributed by atoms with Gasteiger partial charge in [0.05, 0.1) is 12.2 Å². The molecule has 1 aromatic rings. The molecule has 1 aromatic carbocycles. The van der Waals surface area contributed by atoms with Gasteiger partial charge < -0.3 is 4.74 Å². The molecule has 0 N–H and O–H groups in total. The van der Waals surface area contributed by atoms with E-state index in [1.807, 2.05) is 6.92 Å². The minimum absolute atomic E-state index is 0.0268. The molecular weight excluding hydrogens is 195 g/mol. The third kappa shape index (κ3) is 3.05. The van der Waals surface area contributed by atoms with E-state index >= 15 is 0 Å². The van der Waals surface area contributed by atoms with Crippen LogP contribution in [0.1, 0.15) is 37.0 Å². The van der Waals surface area contributed by atoms with Gasteiger partial charge in [-0.2, -0.15) is 0 Å². The fraction of sp³-hybridized carbons (Fsp3) is 0.417. The number of carbonyl (C=O) groups excluding carboxylic acids is 1. The van der Waals surface area contributed by atoms with Crippen molar-refractivity contribution in [3.8, 4) is 5.75 Å². The molecule has 0 atom stereocenters. The second-order valence-corrected chi connectivity index (χ2v) is 3.27. The molecule has 0 unspecified atom stereocenters. The molecule has 0 aliphatic rings. The number of halogens is 1. The van der Waals surface area contributed by atoms with Gasteiger partial charge in [-0.15, -0.1) is 0 Å². The first-order valence-corrected chi connectivity index (χ1v) is 5.14. The van der Waals surface area contributed by atoms with Crippen LogP contribution < -0.4 is 4.74 Å². The highest BCUT2D eigenvalue weighted by atomic mass is 19.1. The number of ketones is 1. The number of ether oxygens (including phenoxy) is 1. The van der Waals surface area contributed by atoms with Gasteiger partial charge in [0, 0.05) is 12.5 Å². The monoisotopic (exact) mass is 210 g/mol. The highest BCUT2D eigenvalue weighted by molar-refractivity contribution is 5.98. The number of hydrogen-bond acceptors (Lipinski definition) is 2. The van der Waals surface area contributed by atoms with Crippen LogP contribution in [-0.2, 0) is 0 Å². The molecule has 0 saturated heterocycles. The topological polar surface area (TPSA) is 26.3 Å². The van der Waals surface area contributed by atoms with E-state index in [4.69, 9.17) is 4.74 Å². The summed E-state index contributed by atoms with van der Waals surface area (Å²) in [5.74, 6) is -0.0569. The number of hydrogen-bond donors (Lipinski definition) is 0. The van der Waals surface area contributed by atoms with Crippen molar-refractivity contribution in [2.75, 3.05) is 6.61 Å². The van der Waals surface area contributed by atoms with Gasteiger partial charge in [-0.3, -0.25) is 4.79 Å². The average Bonchev–Trinajstić information content (AvgIpc) is 2.25. The molecule has 0 heterocycles. The van der Waals surface area contributed by atoms with Crippen LogP contribution in [-0.4, -0.2) is 12.4 Å². The molecule has 0 aliphatic heterocycles. The summed E-state index contributed by atoms with van der Waals surface area (Å²) < 4.78 is 18.3. The van der Waals surface area contributed by atoms with E-state index in [1.54, 1.807) is 6.92 Å². The van der Waals surface area contributed by atoms with Crippen LogP contribution in [0.4, 0.5) is 4.39 Å². The van der Waals surface area contributed by atoms with Gasteiger partial charge in [-0.05, 0) is 18.6 Å². The second-order valence-electron chi connectivity index (χ2n) is 3.27. The van der Waals surface area contributed by atoms with Gasteiger partial charge >= 0.3 is 0 Å². The minimum atomic E-state index is -0.381. The molecule has 0 fully saturated rings. The van der Waals surface area contributed by atoms with Crippen LogP contribution in [0.15, 0.2) is 18.2 Å². The van der Waals surface area contributed by atoms with Crippen LogP contribution in [0.2, 0.25) is 0 Å². The Balaban J connectivity index is 2.97. The molecular formula is C12H15FO2. The van der Waals surface area contributed by atoms with E-state index in [-0.39, 0.29) is 11.6 Å². The van der Waals surface area contributed by atoms with Crippen molar-refractivity contribution in [1.82, 2.24) is 0 Å². The largest absolute Gasteiger partial charge is 0.493 e. The summed E-state index contributed by atoms with van der Waals surface area (Å²) in [5.41, 5.74) is 0.465. The van der Waals surface area contributed by atoms with E-state index in [0.29, 0.717) is 24.3 Å². The van der Waals surface area contributed by atoms with Crippen molar-refractivity contribution in [3.05, 3.63) is 29.6 Å². The lowest BCUT2D eigenvalue weighted by molar-refractivity contribution is 0.0984. The quantitative estimate of drug-likeness (QED) is 0.697. The summed E-state index contributed by atoms with van der Waals surface area (Å²) in [5, 5.41) is 0. The fourth-order valence-electron chi connectivity index (χ4n) is 1.25. The highest BCUT2D eigenvalue weighted by Crippen LogP contribution is 2.21. The van der Waals surface area contributed by atoms with E-state index < -0.39 is 0 Å². The molecule has 0 radical (unpaired) electrons. The predicted octanol–water partition coefficient (Wildman–Crippen LogP) is 3.21. The lowest BCUT2D eigenvalue weighted by atomic mass is 10.1. The third-order valence-electron chi connectivity index (χ3n) is 2.03. The van der Waals surface area contributed by atoms with Crippen molar-refractivity contribution < 1.29 is 13.9 Å². The zero-order chi connectivity index (χ0) is 11.3. The first kappa shape index (κ1) is 11.7. The van der Waals surface area contributed by atoms with Gasteiger partial charge in [0.2, 0.25) is 0 Å². The van der Waals surface area contributed by atoms with Crippen LogP contribution in [0.3, 0.4) is 0 Å². The minimum Gasteiger partial charge on any atom is -0.493 e. The Kier molecular flexibility index (Phi) is 4.28. The van der Waals surface area contributed by atoms with Crippen molar-refractivity contribution in [1.29, 1.82) is 0 Å². The molecule has 0 aliphatic carbocycles. The third-order valence-corrected chi connectivity index (χ3v) is 2.03. The fourth-order valence-corrected chi connectivity index (χ4v) is 1.25. The summed E-state index contributed by atoms with van der Waals surface area (Å²) in [6.07, 6.45) is 1.23. The van der Waals surface area contributed by atoms with E-state index in [9.17, 15) is 9.18 Å². The Labute approximate surface area is 89.1 Å². The van der Waals surface area contributed by atoms with Crippen LogP contribution in [0.5, 0.6) is 5.75 Å². The van der Waals surface area contributed by atoms with Crippen LogP contribution in [0, 0.1) is 5.82 Å². The normalized spacial score (nSPS) is 10.1. The van der Waals surface area contributed by atoms with Gasteiger partial charge in [-0.25, -0.2) is 4.39 Å². The van der Waals surface area contributed by atoms with Crippen molar-refractivity contribution in [3.63, 3.8) is 0 Å². The smallest absolute Gasteiger partial charge is 0.166 e. The van der Waals surface area contributed by atoms with Crippen LogP contribution in [0.25, 0.3) is 0 Å². The first-order chi connectivity index (χ1) is 7.19. The summed E-state index contributed by atoms with van der Waals surface area (Å²) in [4.78, 5) is 11.5. The summed E-state index contributed by atoms with van der Waals surface area (Å²) in [6, 6.07) is 4.02. The number of carbonyl (C=O) groups is 1. The lowest BCUT2D eigenvalue weighted by Crippen LogP contribution is -2.04. The Bertz CT molecular complexity index is 347. The average molecular weight is 210 g/mol. The highest BCUT2D eigenvalue weighted by Gasteiger charge is 2.11. The first-order valence-electron chi connectivity index (χ1n) is 5.14.